The van der Waals surface area contributed by atoms with Gasteiger partial charge in [0.2, 0.25) is 0 Å². The van der Waals surface area contributed by atoms with Crippen molar-refractivity contribution in [1.29, 1.82) is 0 Å². The van der Waals surface area contributed by atoms with Crippen LogP contribution >= 0.6 is 11.3 Å². The number of nitrogens with one attached hydrogen (secondary N) is 1. The topological polar surface area (TPSA) is 72.8 Å². The van der Waals surface area contributed by atoms with Crippen LogP contribution in [0, 0.1) is 11.8 Å². The fraction of sp³-hybridized carbons (Fsp3) is 0.350. The van der Waals surface area contributed by atoms with Gasteiger partial charge in [-0.15, -0.1) is 11.3 Å². The van der Waals surface area contributed by atoms with Crippen molar-refractivity contribution in [2.75, 3.05) is 19.7 Å². The molecule has 0 unspecified atom stereocenters. The van der Waals surface area contributed by atoms with Gasteiger partial charge in [-0.3, -0.25) is 9.69 Å². The third-order valence-electron chi connectivity index (χ3n) is 4.35. The highest BCUT2D eigenvalue weighted by Crippen LogP contribution is 2.20. The molecule has 1 aromatic heterocycles. The van der Waals surface area contributed by atoms with Crippen LogP contribution in [0.5, 0.6) is 0 Å². The van der Waals surface area contributed by atoms with Crippen molar-refractivity contribution in [2.24, 2.45) is 0 Å². The van der Waals surface area contributed by atoms with Gasteiger partial charge in [-0.05, 0) is 30.7 Å². The second-order valence-corrected chi connectivity index (χ2v) is 7.43. The minimum Gasteiger partial charge on any atom is -0.390 e. The van der Waals surface area contributed by atoms with Crippen LogP contribution in [0.15, 0.2) is 42.5 Å². The number of likely N-dealkylation sites (tertiary alicyclic amines) is 1. The molecule has 0 saturated carbocycles. The summed E-state index contributed by atoms with van der Waals surface area (Å²) < 4.78 is 0. The molecule has 26 heavy (non-hydrogen) atoms. The molecule has 136 valence electrons. The molecule has 0 radical (unpaired) electrons. The molecule has 2 aromatic rings. The van der Waals surface area contributed by atoms with E-state index >= 15 is 0 Å². The summed E-state index contributed by atoms with van der Waals surface area (Å²) in [5, 5.41) is 22.1. The van der Waals surface area contributed by atoms with E-state index in [-0.39, 0.29) is 18.6 Å². The van der Waals surface area contributed by atoms with Crippen LogP contribution in [-0.2, 0) is 6.54 Å². The highest BCUT2D eigenvalue weighted by molar-refractivity contribution is 7.12. The number of piperidine rings is 1. The summed E-state index contributed by atoms with van der Waals surface area (Å²) in [6.07, 6.45) is 0.118. The Kier molecular flexibility index (Phi) is 6.42. The van der Waals surface area contributed by atoms with Crippen molar-refractivity contribution < 1.29 is 15.0 Å². The predicted octanol–water partition coefficient (Wildman–Crippen LogP) is 1.46. The molecule has 1 aromatic carbocycles. The number of amides is 1. The van der Waals surface area contributed by atoms with Crippen molar-refractivity contribution in [2.45, 2.75) is 25.1 Å². The van der Waals surface area contributed by atoms with Gasteiger partial charge >= 0.3 is 0 Å². The number of carbonyl (C=O) groups is 1. The quantitative estimate of drug-likeness (QED) is 0.713. The molecule has 1 fully saturated rings. The van der Waals surface area contributed by atoms with Crippen LogP contribution < -0.4 is 5.32 Å². The first-order chi connectivity index (χ1) is 12.7. The van der Waals surface area contributed by atoms with Crippen LogP contribution in [0.3, 0.4) is 0 Å². The van der Waals surface area contributed by atoms with Crippen LogP contribution in [0.25, 0.3) is 0 Å². The molecular weight excluding hydrogens is 348 g/mol. The smallest absolute Gasteiger partial charge is 0.251 e. The number of thiophene rings is 1. The Hall–Kier alpha value is -2.17. The third kappa shape index (κ3) is 4.93. The monoisotopic (exact) mass is 370 g/mol. The van der Waals surface area contributed by atoms with E-state index in [1.807, 2.05) is 30.3 Å². The van der Waals surface area contributed by atoms with E-state index in [9.17, 15) is 9.90 Å². The summed E-state index contributed by atoms with van der Waals surface area (Å²) in [6.45, 7) is 1.95. The van der Waals surface area contributed by atoms with Gasteiger partial charge in [-0.25, -0.2) is 0 Å². The SMILES string of the molecule is O=C(N[C@@H]1CCN(Cc2ccc(C#CCO)s2)C[C@H]1O)c1ccccc1. The molecular formula is C20H22N2O3S. The fourth-order valence-corrected chi connectivity index (χ4v) is 3.95. The predicted molar refractivity (Wildman–Crippen MR) is 102 cm³/mol. The molecule has 1 saturated heterocycles. The van der Waals surface area contributed by atoms with Crippen LogP contribution in [-0.4, -0.2) is 52.9 Å². The average molecular weight is 370 g/mol. The maximum absolute atomic E-state index is 12.3. The molecule has 2 atom stereocenters. The first kappa shape index (κ1) is 18.6. The summed E-state index contributed by atoms with van der Waals surface area (Å²) in [6, 6.07) is 12.8. The molecule has 2 heterocycles. The Balaban J connectivity index is 1.52. The number of β-amino-alcohol motifs (C(OH)–C–C–N with tert-alkyl or cyclic N) is 1. The van der Waals surface area contributed by atoms with Gasteiger partial charge < -0.3 is 15.5 Å². The molecule has 3 N–H and O–H groups in total. The summed E-state index contributed by atoms with van der Waals surface area (Å²) in [5.74, 6) is 5.41. The zero-order chi connectivity index (χ0) is 18.4. The van der Waals surface area contributed by atoms with Crippen molar-refractivity contribution in [1.82, 2.24) is 10.2 Å². The lowest BCUT2D eigenvalue weighted by molar-refractivity contribution is 0.0353. The largest absolute Gasteiger partial charge is 0.390 e. The maximum Gasteiger partial charge on any atom is 0.251 e. The Labute approximate surface area is 157 Å². The van der Waals surface area contributed by atoms with Gasteiger partial charge in [0.05, 0.1) is 17.0 Å². The Morgan fingerprint density at radius 3 is 2.81 bits per heavy atom. The molecule has 6 heteroatoms. The third-order valence-corrected chi connectivity index (χ3v) is 5.34. The first-order valence-corrected chi connectivity index (χ1v) is 9.42. The number of hydrogen-bond acceptors (Lipinski definition) is 5. The van der Waals surface area contributed by atoms with E-state index in [4.69, 9.17) is 5.11 Å². The number of hydrogen-bond donors (Lipinski definition) is 3. The second kappa shape index (κ2) is 8.97. The summed E-state index contributed by atoms with van der Waals surface area (Å²) in [5.41, 5.74) is 0.609. The number of carbonyl (C=O) groups excluding carboxylic acids is 1. The molecule has 1 aliphatic rings. The number of aliphatic hydroxyl groups is 2. The van der Waals surface area contributed by atoms with Crippen LogP contribution in [0.1, 0.15) is 26.5 Å². The zero-order valence-corrected chi connectivity index (χ0v) is 15.2. The fourth-order valence-electron chi connectivity index (χ4n) is 3.03. The van der Waals surface area contributed by atoms with Gasteiger partial charge in [0.1, 0.15) is 6.61 Å². The standard InChI is InChI=1S/C20H22N2O3S/c23-12-4-7-16-8-9-17(26-16)13-22-11-10-18(19(24)14-22)21-20(25)15-5-2-1-3-6-15/h1-3,5-6,8-9,18-19,23-24H,10-14H2,(H,21,25)/t18-,19-/m1/s1. The zero-order valence-electron chi connectivity index (χ0n) is 14.4. The highest BCUT2D eigenvalue weighted by atomic mass is 32.1. The molecule has 3 rings (SSSR count). The van der Waals surface area contributed by atoms with Gasteiger partial charge in [0, 0.05) is 30.1 Å². The Morgan fingerprint density at radius 1 is 1.27 bits per heavy atom. The number of benzene rings is 1. The lowest BCUT2D eigenvalue weighted by atomic mass is 10.0. The van der Waals surface area contributed by atoms with Crippen LogP contribution in [0.4, 0.5) is 0 Å². The van der Waals surface area contributed by atoms with E-state index < -0.39 is 6.10 Å². The maximum atomic E-state index is 12.3. The Bertz CT molecular complexity index is 794. The molecule has 0 aliphatic carbocycles. The lowest BCUT2D eigenvalue weighted by Gasteiger charge is -2.36. The van der Waals surface area contributed by atoms with E-state index in [0.717, 1.165) is 18.0 Å². The molecule has 1 amide bonds. The van der Waals surface area contributed by atoms with E-state index in [1.54, 1.807) is 23.5 Å². The molecule has 0 bridgehead atoms. The summed E-state index contributed by atoms with van der Waals surface area (Å²) in [4.78, 5) is 16.5. The second-order valence-electron chi connectivity index (χ2n) is 6.26. The highest BCUT2D eigenvalue weighted by Gasteiger charge is 2.29. The first-order valence-electron chi connectivity index (χ1n) is 8.60. The number of rotatable bonds is 4. The molecule has 5 nitrogen and oxygen atoms in total. The lowest BCUT2D eigenvalue weighted by Crippen LogP contribution is -2.53. The van der Waals surface area contributed by atoms with Crippen LogP contribution in [0.2, 0.25) is 0 Å². The molecule has 1 aliphatic heterocycles. The normalized spacial score (nSPS) is 20.2. The van der Waals surface area contributed by atoms with Gasteiger partial charge in [-0.1, -0.05) is 30.0 Å². The van der Waals surface area contributed by atoms with Gasteiger partial charge in [-0.2, -0.15) is 0 Å². The number of aliphatic hydroxyl groups excluding tert-OH is 2. The van der Waals surface area contributed by atoms with Crippen molar-refractivity contribution in [3.8, 4) is 11.8 Å². The Morgan fingerprint density at radius 2 is 2.08 bits per heavy atom. The summed E-state index contributed by atoms with van der Waals surface area (Å²) >= 11 is 1.60. The van der Waals surface area contributed by atoms with Gasteiger partial charge in [0.25, 0.3) is 5.91 Å². The van der Waals surface area contributed by atoms with E-state index in [1.165, 1.54) is 4.88 Å². The molecule has 0 spiro atoms. The van der Waals surface area contributed by atoms with Crippen molar-refractivity contribution in [3.63, 3.8) is 0 Å². The van der Waals surface area contributed by atoms with Gasteiger partial charge in [0.15, 0.2) is 0 Å². The van der Waals surface area contributed by atoms with E-state index in [0.29, 0.717) is 18.5 Å². The van der Waals surface area contributed by atoms with Crippen molar-refractivity contribution >= 4 is 17.2 Å². The van der Waals surface area contributed by atoms with Crippen molar-refractivity contribution in [3.05, 3.63) is 57.8 Å². The minimum absolute atomic E-state index is 0.137. The summed E-state index contributed by atoms with van der Waals surface area (Å²) in [7, 11) is 0. The number of nitrogens with zero attached hydrogens (tertiary/aromatic N) is 1. The average Bonchev–Trinajstić information content (AvgIpc) is 3.10. The van der Waals surface area contributed by atoms with E-state index in [2.05, 4.69) is 22.1 Å². The minimum atomic E-state index is -0.593.